The first-order valence-corrected chi connectivity index (χ1v) is 12.5. The zero-order valence-electron chi connectivity index (χ0n) is 18.8. The molecule has 0 fully saturated rings. The van der Waals surface area contributed by atoms with Gasteiger partial charge in [-0.3, -0.25) is 0 Å². The zero-order chi connectivity index (χ0) is 22.9. The van der Waals surface area contributed by atoms with Gasteiger partial charge >= 0.3 is 0 Å². The number of benzene rings is 3. The number of hydrogen-bond donors (Lipinski definition) is 0. The lowest BCUT2D eigenvalue weighted by atomic mass is 9.76. The highest BCUT2D eigenvalue weighted by Gasteiger charge is 2.43. The lowest BCUT2D eigenvalue weighted by Crippen LogP contribution is -2.40. The summed E-state index contributed by atoms with van der Waals surface area (Å²) in [5.74, 6) is 2.37. The van der Waals surface area contributed by atoms with Gasteiger partial charge in [0.05, 0.1) is 5.41 Å². The number of rotatable bonds is 12. The topological polar surface area (TPSA) is 18.5 Å². The van der Waals surface area contributed by atoms with Crippen LogP contribution in [-0.2, 0) is 5.41 Å². The first kappa shape index (κ1) is 23.7. The second-order valence-corrected chi connectivity index (χ2v) is 9.50. The van der Waals surface area contributed by atoms with Crippen LogP contribution < -0.4 is 9.47 Å². The molecular weight excluding hydrogens is 451 g/mol. The summed E-state index contributed by atoms with van der Waals surface area (Å²) in [4.78, 5) is 0. The number of para-hydroxylation sites is 2. The molecule has 1 aliphatic rings. The molecule has 0 saturated heterocycles. The molecule has 0 bridgehead atoms. The average Bonchev–Trinajstić information content (AvgIpc) is 3.18. The molecular formula is C29H30Cl2O2. The Balaban J connectivity index is 1.62. The van der Waals surface area contributed by atoms with Crippen LogP contribution in [0.4, 0.5) is 0 Å². The fourth-order valence-electron chi connectivity index (χ4n) is 4.45. The van der Waals surface area contributed by atoms with Crippen molar-refractivity contribution in [2.24, 2.45) is 0 Å². The highest BCUT2D eigenvalue weighted by Crippen LogP contribution is 2.45. The van der Waals surface area contributed by atoms with E-state index in [1.54, 1.807) is 0 Å². The van der Waals surface area contributed by atoms with Crippen LogP contribution in [0.25, 0.3) is 6.08 Å². The Kier molecular flexibility index (Phi) is 8.36. The van der Waals surface area contributed by atoms with E-state index in [9.17, 15) is 0 Å². The Hall–Kier alpha value is -2.42. The fourth-order valence-corrected chi connectivity index (χ4v) is 4.87. The maximum atomic E-state index is 6.64. The maximum Gasteiger partial charge on any atom is 0.119 e. The van der Waals surface area contributed by atoms with Crippen molar-refractivity contribution in [2.75, 3.05) is 19.1 Å². The Morgan fingerprint density at radius 2 is 1.30 bits per heavy atom. The van der Waals surface area contributed by atoms with Gasteiger partial charge in [0.15, 0.2) is 0 Å². The molecule has 1 atom stereocenters. The highest BCUT2D eigenvalue weighted by molar-refractivity contribution is 6.20. The summed E-state index contributed by atoms with van der Waals surface area (Å²) in [6, 6.07) is 28.5. The summed E-state index contributed by atoms with van der Waals surface area (Å²) in [5, 5.41) is 0.108. The molecule has 0 amide bonds. The van der Waals surface area contributed by atoms with Crippen molar-refractivity contribution in [3.8, 4) is 11.5 Å². The van der Waals surface area contributed by atoms with Gasteiger partial charge in [0.25, 0.3) is 0 Å². The minimum absolute atomic E-state index is 0.108. The van der Waals surface area contributed by atoms with Crippen LogP contribution in [0.1, 0.15) is 36.8 Å². The second kappa shape index (κ2) is 11.6. The first-order chi connectivity index (χ1) is 16.2. The number of fused-ring (bicyclic) bond motifs is 1. The van der Waals surface area contributed by atoms with E-state index >= 15 is 0 Å². The molecule has 1 unspecified atom stereocenters. The van der Waals surface area contributed by atoms with E-state index in [0.717, 1.165) is 37.2 Å². The fraction of sp³-hybridized carbons (Fsp3) is 0.310. The average molecular weight is 481 g/mol. The summed E-state index contributed by atoms with van der Waals surface area (Å²) >= 11 is 12.5. The Morgan fingerprint density at radius 1 is 0.727 bits per heavy atom. The first-order valence-electron chi connectivity index (χ1n) is 11.6. The van der Waals surface area contributed by atoms with Gasteiger partial charge in [-0.1, -0.05) is 72.3 Å². The molecule has 0 aromatic heterocycles. The largest absolute Gasteiger partial charge is 0.492 e. The monoisotopic (exact) mass is 480 g/mol. The molecule has 4 heteroatoms. The van der Waals surface area contributed by atoms with Gasteiger partial charge in [0, 0.05) is 11.3 Å². The summed E-state index contributed by atoms with van der Waals surface area (Å²) < 4.78 is 12.7. The summed E-state index contributed by atoms with van der Waals surface area (Å²) in [6.45, 7) is 1.00. The molecule has 0 spiro atoms. The van der Waals surface area contributed by atoms with Gasteiger partial charge in [0.2, 0.25) is 0 Å². The van der Waals surface area contributed by atoms with E-state index < -0.39 is 0 Å². The number of ether oxygens (including phenoxy) is 2. The molecule has 0 saturated carbocycles. The standard InChI is InChI=1S/C29H30Cl2O2/c30-19-9-11-25(31)18-17-24-20-23-10-7-8-16-28(23)29(24,21-32-26-12-3-1-4-13-26)22-33-27-14-5-2-6-15-27/h1-8,10,12-16,20,25H,9,11,17-19,21-22H2. The third-order valence-electron chi connectivity index (χ3n) is 6.26. The predicted octanol–water partition coefficient (Wildman–Crippen LogP) is 7.89. The highest BCUT2D eigenvalue weighted by atomic mass is 35.5. The van der Waals surface area contributed by atoms with Crippen molar-refractivity contribution in [3.05, 3.63) is 102 Å². The smallest absolute Gasteiger partial charge is 0.119 e. The third-order valence-corrected chi connectivity index (χ3v) is 6.96. The van der Waals surface area contributed by atoms with Gasteiger partial charge in [0.1, 0.15) is 24.7 Å². The quantitative estimate of drug-likeness (QED) is 0.245. The second-order valence-electron chi connectivity index (χ2n) is 8.51. The SMILES string of the molecule is ClCCCC(Cl)CCC1=Cc2ccccc2C1(COc1ccccc1)COc1ccccc1. The minimum atomic E-state index is -0.384. The van der Waals surface area contributed by atoms with Crippen LogP contribution in [0.5, 0.6) is 11.5 Å². The summed E-state index contributed by atoms with van der Waals surface area (Å²) in [6.07, 6.45) is 5.97. The van der Waals surface area contributed by atoms with E-state index in [4.69, 9.17) is 32.7 Å². The van der Waals surface area contributed by atoms with Gasteiger partial charge in [-0.05, 0) is 61.1 Å². The molecule has 2 nitrogen and oxygen atoms in total. The Labute approximate surface area is 207 Å². The molecule has 0 radical (unpaired) electrons. The van der Waals surface area contributed by atoms with Crippen molar-refractivity contribution < 1.29 is 9.47 Å². The summed E-state index contributed by atoms with van der Waals surface area (Å²) in [7, 11) is 0. The molecule has 4 rings (SSSR count). The molecule has 172 valence electrons. The van der Waals surface area contributed by atoms with Crippen LogP contribution in [0.15, 0.2) is 90.5 Å². The molecule has 33 heavy (non-hydrogen) atoms. The Morgan fingerprint density at radius 3 is 1.91 bits per heavy atom. The molecule has 1 aliphatic carbocycles. The number of hydrogen-bond acceptors (Lipinski definition) is 2. The minimum Gasteiger partial charge on any atom is -0.492 e. The van der Waals surface area contributed by atoms with Crippen LogP contribution in [-0.4, -0.2) is 24.5 Å². The van der Waals surface area contributed by atoms with Crippen LogP contribution in [0.2, 0.25) is 0 Å². The van der Waals surface area contributed by atoms with Crippen LogP contribution in [0.3, 0.4) is 0 Å². The normalized spacial score (nSPS) is 14.9. The van der Waals surface area contributed by atoms with E-state index in [0.29, 0.717) is 19.1 Å². The molecule has 3 aromatic rings. The van der Waals surface area contributed by atoms with Crippen molar-refractivity contribution in [2.45, 2.75) is 36.5 Å². The van der Waals surface area contributed by atoms with Crippen molar-refractivity contribution in [3.63, 3.8) is 0 Å². The van der Waals surface area contributed by atoms with Crippen molar-refractivity contribution in [1.82, 2.24) is 0 Å². The number of halogens is 2. The van der Waals surface area contributed by atoms with E-state index in [-0.39, 0.29) is 10.8 Å². The lowest BCUT2D eigenvalue weighted by Gasteiger charge is -2.34. The summed E-state index contributed by atoms with van der Waals surface area (Å²) in [5.41, 5.74) is 3.41. The van der Waals surface area contributed by atoms with E-state index in [1.165, 1.54) is 16.7 Å². The molecule has 0 aliphatic heterocycles. The zero-order valence-corrected chi connectivity index (χ0v) is 20.3. The third kappa shape index (κ3) is 5.93. The molecule has 0 N–H and O–H groups in total. The maximum absolute atomic E-state index is 6.64. The van der Waals surface area contributed by atoms with Gasteiger partial charge in [-0.25, -0.2) is 0 Å². The Bertz CT molecular complexity index is 990. The molecule has 3 aromatic carbocycles. The van der Waals surface area contributed by atoms with E-state index in [2.05, 4.69) is 30.3 Å². The van der Waals surface area contributed by atoms with Crippen LogP contribution in [0, 0.1) is 0 Å². The predicted molar refractivity (Wildman–Crippen MR) is 139 cm³/mol. The van der Waals surface area contributed by atoms with Gasteiger partial charge in [-0.15, -0.1) is 23.2 Å². The van der Waals surface area contributed by atoms with Gasteiger partial charge in [-0.2, -0.15) is 0 Å². The number of alkyl halides is 2. The molecule has 0 heterocycles. The van der Waals surface area contributed by atoms with Crippen molar-refractivity contribution >= 4 is 29.3 Å². The van der Waals surface area contributed by atoms with Gasteiger partial charge < -0.3 is 9.47 Å². The lowest BCUT2D eigenvalue weighted by molar-refractivity contribution is 0.166. The van der Waals surface area contributed by atoms with Crippen LogP contribution >= 0.6 is 23.2 Å². The van der Waals surface area contributed by atoms with E-state index in [1.807, 2.05) is 60.7 Å². The van der Waals surface area contributed by atoms with Crippen molar-refractivity contribution in [1.29, 1.82) is 0 Å².